The quantitative estimate of drug-likeness (QED) is 0.547. The first-order valence-electron chi connectivity index (χ1n) is 10.7. The van der Waals surface area contributed by atoms with Gasteiger partial charge in [0, 0.05) is 24.2 Å². The number of carbonyl (C=O) groups is 1. The standard InChI is InChI=1S/C25H25N5OS2/c1-5-27-20-12-11-19(14-26)13-21(20)28-25-30(15-18-9-7-6-8-10-18)23(31)22(33-25)24-29(4)16(2)17(3)32-24/h6-13,27H,5,15H2,1-4H3/b24-22-,28-25?. The van der Waals surface area contributed by atoms with Crippen molar-refractivity contribution in [1.29, 1.82) is 5.26 Å². The number of carbonyl (C=O) groups excluding carboxylic acids is 1. The minimum atomic E-state index is -0.0547. The molecule has 8 heteroatoms. The van der Waals surface area contributed by atoms with E-state index in [0.29, 0.717) is 27.9 Å². The van der Waals surface area contributed by atoms with Gasteiger partial charge in [0.2, 0.25) is 0 Å². The largest absolute Gasteiger partial charge is 0.384 e. The van der Waals surface area contributed by atoms with Crippen molar-refractivity contribution in [1.82, 2.24) is 9.80 Å². The Bertz CT molecular complexity index is 1230. The number of hydrogen-bond donors (Lipinski definition) is 1. The highest BCUT2D eigenvalue weighted by Crippen LogP contribution is 2.47. The molecule has 4 rings (SSSR count). The lowest BCUT2D eigenvalue weighted by atomic mass is 10.2. The summed E-state index contributed by atoms with van der Waals surface area (Å²) in [5.74, 6) is -0.0547. The van der Waals surface area contributed by atoms with Crippen molar-refractivity contribution < 1.29 is 4.79 Å². The van der Waals surface area contributed by atoms with E-state index in [4.69, 9.17) is 4.99 Å². The van der Waals surface area contributed by atoms with Crippen molar-refractivity contribution in [2.24, 2.45) is 4.99 Å². The van der Waals surface area contributed by atoms with Gasteiger partial charge in [-0.25, -0.2) is 4.99 Å². The molecule has 0 bridgehead atoms. The van der Waals surface area contributed by atoms with Crippen LogP contribution in [0.5, 0.6) is 0 Å². The minimum absolute atomic E-state index is 0.0547. The van der Waals surface area contributed by atoms with Crippen LogP contribution in [0.3, 0.4) is 0 Å². The number of amidine groups is 1. The second kappa shape index (κ2) is 9.77. The number of allylic oxidation sites excluding steroid dienone is 2. The maximum atomic E-state index is 13.6. The van der Waals surface area contributed by atoms with Gasteiger partial charge in [-0.3, -0.25) is 9.69 Å². The van der Waals surface area contributed by atoms with Gasteiger partial charge in [0.05, 0.1) is 34.6 Å². The molecule has 2 aromatic rings. The molecule has 2 aromatic carbocycles. The zero-order chi connectivity index (χ0) is 23.5. The molecule has 1 fully saturated rings. The highest BCUT2D eigenvalue weighted by molar-refractivity contribution is 8.19. The van der Waals surface area contributed by atoms with Gasteiger partial charge in [0.25, 0.3) is 5.91 Å². The van der Waals surface area contributed by atoms with E-state index in [1.165, 1.54) is 16.7 Å². The summed E-state index contributed by atoms with van der Waals surface area (Å²) in [5.41, 5.74) is 4.18. The summed E-state index contributed by atoms with van der Waals surface area (Å²) in [6.07, 6.45) is 0. The lowest BCUT2D eigenvalue weighted by Gasteiger charge is -2.17. The number of rotatable bonds is 5. The van der Waals surface area contributed by atoms with Crippen molar-refractivity contribution in [3.8, 4) is 6.07 Å². The smallest absolute Gasteiger partial charge is 0.269 e. The SMILES string of the molecule is CCNc1ccc(C#N)cc1N=C1S/C(=C2\SC(C)=C(C)N2C)C(=O)N1Cc1ccccc1. The molecule has 0 saturated carbocycles. The van der Waals surface area contributed by atoms with Crippen molar-refractivity contribution in [3.05, 3.63) is 80.2 Å². The fourth-order valence-electron chi connectivity index (χ4n) is 3.53. The molecule has 1 N–H and O–H groups in total. The summed E-state index contributed by atoms with van der Waals surface area (Å²) in [7, 11) is 1.99. The molecule has 0 aromatic heterocycles. The summed E-state index contributed by atoms with van der Waals surface area (Å²) in [6.45, 7) is 7.30. The molecular weight excluding hydrogens is 450 g/mol. The van der Waals surface area contributed by atoms with Crippen LogP contribution in [-0.4, -0.2) is 34.5 Å². The second-order valence-electron chi connectivity index (χ2n) is 7.68. The summed E-state index contributed by atoms with van der Waals surface area (Å²) in [5, 5.41) is 14.2. The number of nitriles is 1. The van der Waals surface area contributed by atoms with Crippen LogP contribution >= 0.6 is 23.5 Å². The molecule has 0 unspecified atom stereocenters. The fraction of sp³-hybridized carbons (Fsp3) is 0.240. The zero-order valence-corrected chi connectivity index (χ0v) is 20.7. The van der Waals surface area contributed by atoms with Crippen molar-refractivity contribution >= 4 is 46.0 Å². The fourth-order valence-corrected chi connectivity index (χ4v) is 5.82. The summed E-state index contributed by atoms with van der Waals surface area (Å²) >= 11 is 3.02. The van der Waals surface area contributed by atoms with Crippen LogP contribution in [-0.2, 0) is 11.3 Å². The van der Waals surface area contributed by atoms with Crippen LogP contribution in [0.2, 0.25) is 0 Å². The number of benzene rings is 2. The summed E-state index contributed by atoms with van der Waals surface area (Å²) in [4.78, 5) is 24.2. The molecule has 33 heavy (non-hydrogen) atoms. The van der Waals surface area contributed by atoms with Gasteiger partial charge < -0.3 is 10.2 Å². The van der Waals surface area contributed by atoms with Crippen molar-refractivity contribution in [2.45, 2.75) is 27.3 Å². The van der Waals surface area contributed by atoms with Crippen LogP contribution in [0.15, 0.2) is 74.1 Å². The number of nitrogens with zero attached hydrogens (tertiary/aromatic N) is 4. The van der Waals surface area contributed by atoms with E-state index in [1.54, 1.807) is 28.8 Å². The van der Waals surface area contributed by atoms with E-state index in [0.717, 1.165) is 28.5 Å². The Kier molecular flexibility index (Phi) is 6.82. The molecule has 2 aliphatic rings. The molecule has 1 saturated heterocycles. The van der Waals surface area contributed by atoms with Crippen LogP contribution in [0.25, 0.3) is 0 Å². The highest BCUT2D eigenvalue weighted by Gasteiger charge is 2.38. The van der Waals surface area contributed by atoms with Crippen LogP contribution < -0.4 is 5.32 Å². The summed E-state index contributed by atoms with van der Waals surface area (Å²) < 4.78 is 0. The Morgan fingerprint density at radius 3 is 2.52 bits per heavy atom. The van der Waals surface area contributed by atoms with E-state index in [2.05, 4.69) is 30.1 Å². The molecule has 0 spiro atoms. The van der Waals surface area contributed by atoms with Gasteiger partial charge in [-0.1, -0.05) is 42.1 Å². The highest BCUT2D eigenvalue weighted by atomic mass is 32.2. The van der Waals surface area contributed by atoms with Gasteiger partial charge in [0.1, 0.15) is 4.91 Å². The third-order valence-corrected chi connectivity index (χ3v) is 7.99. The van der Waals surface area contributed by atoms with Gasteiger partial charge >= 0.3 is 0 Å². The molecule has 0 radical (unpaired) electrons. The molecule has 2 heterocycles. The van der Waals surface area contributed by atoms with Crippen molar-refractivity contribution in [3.63, 3.8) is 0 Å². The van der Waals surface area contributed by atoms with E-state index in [9.17, 15) is 10.1 Å². The number of aliphatic imine (C=N–C) groups is 1. The third-order valence-electron chi connectivity index (χ3n) is 5.52. The topological polar surface area (TPSA) is 71.7 Å². The van der Waals surface area contributed by atoms with Gasteiger partial charge in [0.15, 0.2) is 5.17 Å². The average Bonchev–Trinajstić information content (AvgIpc) is 3.26. The Hall–Kier alpha value is -3.15. The normalized spacial score (nSPS) is 19.6. The number of thioether (sulfide) groups is 2. The first kappa shape index (κ1) is 23.0. The summed E-state index contributed by atoms with van der Waals surface area (Å²) in [6, 6.07) is 17.5. The Morgan fingerprint density at radius 2 is 1.88 bits per heavy atom. The molecule has 6 nitrogen and oxygen atoms in total. The number of anilines is 1. The molecule has 1 amide bonds. The van der Waals surface area contributed by atoms with E-state index < -0.39 is 0 Å². The minimum Gasteiger partial charge on any atom is -0.384 e. The molecule has 168 valence electrons. The average molecular weight is 476 g/mol. The third kappa shape index (κ3) is 4.65. The number of hydrogen-bond acceptors (Lipinski definition) is 7. The Morgan fingerprint density at radius 1 is 1.12 bits per heavy atom. The monoisotopic (exact) mass is 475 g/mol. The van der Waals surface area contributed by atoms with E-state index >= 15 is 0 Å². The van der Waals surface area contributed by atoms with Gasteiger partial charge in [-0.15, -0.1) is 0 Å². The first-order chi connectivity index (χ1) is 15.9. The number of amides is 1. The van der Waals surface area contributed by atoms with Crippen LogP contribution in [0, 0.1) is 11.3 Å². The van der Waals surface area contributed by atoms with Crippen LogP contribution in [0.1, 0.15) is 31.9 Å². The zero-order valence-electron chi connectivity index (χ0n) is 19.0. The second-order valence-corrected chi connectivity index (χ2v) is 9.87. The Labute approximate surface area is 203 Å². The molecule has 0 atom stereocenters. The molecule has 0 aliphatic carbocycles. The van der Waals surface area contributed by atoms with E-state index in [1.807, 2.05) is 50.4 Å². The predicted octanol–water partition coefficient (Wildman–Crippen LogP) is 5.85. The lowest BCUT2D eigenvalue weighted by Crippen LogP contribution is -2.29. The van der Waals surface area contributed by atoms with Crippen LogP contribution in [0.4, 0.5) is 11.4 Å². The van der Waals surface area contributed by atoms with Crippen molar-refractivity contribution in [2.75, 3.05) is 18.9 Å². The Balaban J connectivity index is 1.80. The number of nitrogens with one attached hydrogen (secondary N) is 1. The van der Waals surface area contributed by atoms with E-state index in [-0.39, 0.29) is 5.91 Å². The molecule has 2 aliphatic heterocycles. The van der Waals surface area contributed by atoms with Gasteiger partial charge in [-0.05, 0) is 56.3 Å². The predicted molar refractivity (Wildman–Crippen MR) is 138 cm³/mol. The van der Waals surface area contributed by atoms with Gasteiger partial charge in [-0.2, -0.15) is 5.26 Å². The first-order valence-corrected chi connectivity index (χ1v) is 12.3. The maximum Gasteiger partial charge on any atom is 0.269 e. The maximum absolute atomic E-state index is 13.6. The lowest BCUT2D eigenvalue weighted by molar-refractivity contribution is -0.122. The molecular formula is C25H25N5OS2.